The topological polar surface area (TPSA) is 41.1 Å². The first-order valence-corrected chi connectivity index (χ1v) is 8.57. The average Bonchev–Trinajstić information content (AvgIpc) is 2.54. The molecule has 0 amide bonds. The van der Waals surface area contributed by atoms with Crippen molar-refractivity contribution in [3.8, 4) is 0 Å². The number of rotatable bonds is 4. The summed E-state index contributed by atoms with van der Waals surface area (Å²) >= 11 is 5.92. The number of halogens is 1. The van der Waals surface area contributed by atoms with Crippen LogP contribution in [0.2, 0.25) is 5.02 Å². The Kier molecular flexibility index (Phi) is 5.01. The molecule has 1 aliphatic heterocycles. The highest BCUT2D eigenvalue weighted by Gasteiger charge is 2.19. The van der Waals surface area contributed by atoms with Gasteiger partial charge in [0.1, 0.15) is 5.82 Å². The van der Waals surface area contributed by atoms with Crippen molar-refractivity contribution < 1.29 is 0 Å². The van der Waals surface area contributed by atoms with Crippen molar-refractivity contribution in [3.05, 3.63) is 46.6 Å². The second-order valence-electron chi connectivity index (χ2n) is 6.37. The van der Waals surface area contributed by atoms with Crippen molar-refractivity contribution in [2.24, 2.45) is 5.92 Å². The highest BCUT2D eigenvalue weighted by molar-refractivity contribution is 6.30. The summed E-state index contributed by atoms with van der Waals surface area (Å²) in [6.07, 6.45) is 2.51. The number of hydrogen-bond acceptors (Lipinski definition) is 4. The van der Waals surface area contributed by atoms with E-state index < -0.39 is 0 Å². The van der Waals surface area contributed by atoms with Crippen molar-refractivity contribution in [2.75, 3.05) is 23.3 Å². The Morgan fingerprint density at radius 1 is 1.26 bits per heavy atom. The zero-order chi connectivity index (χ0) is 16.2. The minimum atomic E-state index is 0.707. The molecule has 0 spiro atoms. The molecular formula is C18H23ClN4. The largest absolute Gasteiger partial charge is 0.366 e. The van der Waals surface area contributed by atoms with Gasteiger partial charge in [-0.3, -0.25) is 0 Å². The molecule has 1 N–H and O–H groups in total. The molecule has 1 saturated heterocycles. The first kappa shape index (κ1) is 16.1. The Balaban J connectivity index is 1.71. The van der Waals surface area contributed by atoms with Crippen molar-refractivity contribution in [1.82, 2.24) is 9.97 Å². The van der Waals surface area contributed by atoms with Crippen LogP contribution >= 0.6 is 11.6 Å². The Morgan fingerprint density at radius 3 is 2.78 bits per heavy atom. The first-order chi connectivity index (χ1) is 11.1. The van der Waals surface area contributed by atoms with E-state index in [4.69, 9.17) is 16.6 Å². The van der Waals surface area contributed by atoms with E-state index >= 15 is 0 Å². The summed E-state index contributed by atoms with van der Waals surface area (Å²) in [4.78, 5) is 11.6. The van der Waals surface area contributed by atoms with E-state index in [1.807, 2.05) is 37.3 Å². The molecule has 1 aromatic heterocycles. The van der Waals surface area contributed by atoms with Crippen molar-refractivity contribution in [3.63, 3.8) is 0 Å². The second-order valence-corrected chi connectivity index (χ2v) is 6.80. The van der Waals surface area contributed by atoms with E-state index in [1.165, 1.54) is 18.4 Å². The van der Waals surface area contributed by atoms with E-state index in [1.54, 1.807) is 0 Å². The van der Waals surface area contributed by atoms with Gasteiger partial charge >= 0.3 is 0 Å². The lowest BCUT2D eigenvalue weighted by atomic mass is 10.0. The third-order valence-corrected chi connectivity index (χ3v) is 4.42. The molecule has 4 nitrogen and oxygen atoms in total. The lowest BCUT2D eigenvalue weighted by Crippen LogP contribution is -2.35. The summed E-state index contributed by atoms with van der Waals surface area (Å²) in [5, 5.41) is 4.15. The minimum Gasteiger partial charge on any atom is -0.366 e. The first-order valence-electron chi connectivity index (χ1n) is 8.19. The maximum atomic E-state index is 5.92. The van der Waals surface area contributed by atoms with E-state index in [9.17, 15) is 0 Å². The molecule has 0 bridgehead atoms. The predicted octanol–water partition coefficient (Wildman–Crippen LogP) is 4.29. The minimum absolute atomic E-state index is 0.707. The van der Waals surface area contributed by atoms with Gasteiger partial charge in [-0.15, -0.1) is 0 Å². The number of aromatic nitrogens is 2. The molecule has 23 heavy (non-hydrogen) atoms. The van der Waals surface area contributed by atoms with Gasteiger partial charge in [-0.25, -0.2) is 4.98 Å². The average molecular weight is 331 g/mol. The zero-order valence-corrected chi connectivity index (χ0v) is 14.5. The molecule has 2 heterocycles. The van der Waals surface area contributed by atoms with Crippen LogP contribution in [0.1, 0.15) is 31.0 Å². The molecule has 122 valence electrons. The monoisotopic (exact) mass is 330 g/mol. The Hall–Kier alpha value is -1.81. The molecule has 1 aliphatic rings. The summed E-state index contributed by atoms with van der Waals surface area (Å²) in [5.41, 5.74) is 2.17. The number of nitrogens with zero attached hydrogens (tertiary/aromatic N) is 3. The smallest absolute Gasteiger partial charge is 0.227 e. The van der Waals surface area contributed by atoms with Gasteiger partial charge in [0.05, 0.1) is 0 Å². The lowest BCUT2D eigenvalue weighted by Gasteiger charge is -2.31. The van der Waals surface area contributed by atoms with E-state index in [0.717, 1.165) is 42.1 Å². The van der Waals surface area contributed by atoms with Crippen LogP contribution in [0, 0.1) is 12.8 Å². The van der Waals surface area contributed by atoms with Crippen LogP contribution in [0.3, 0.4) is 0 Å². The molecule has 1 unspecified atom stereocenters. The third-order valence-electron chi connectivity index (χ3n) is 4.17. The van der Waals surface area contributed by atoms with Gasteiger partial charge in [0.15, 0.2) is 0 Å². The fourth-order valence-electron chi connectivity index (χ4n) is 2.95. The molecular weight excluding hydrogens is 308 g/mol. The quantitative estimate of drug-likeness (QED) is 0.908. The number of anilines is 2. The summed E-state index contributed by atoms with van der Waals surface area (Å²) in [7, 11) is 0. The van der Waals surface area contributed by atoms with Gasteiger partial charge in [0.2, 0.25) is 5.95 Å². The van der Waals surface area contributed by atoms with Gasteiger partial charge in [-0.1, -0.05) is 30.7 Å². The standard InChI is InChI=1S/C18H23ClN4/c1-13-4-3-9-23(12-13)18-21-14(2)10-17(22-18)20-11-15-5-7-16(19)8-6-15/h5-8,10,13H,3-4,9,11-12H2,1-2H3,(H,20,21,22). The molecule has 5 heteroatoms. The predicted molar refractivity (Wildman–Crippen MR) is 96.2 cm³/mol. The molecule has 2 aromatic rings. The van der Waals surface area contributed by atoms with Crippen molar-refractivity contribution >= 4 is 23.4 Å². The van der Waals surface area contributed by atoms with Gasteiger partial charge in [-0.05, 0) is 43.4 Å². The van der Waals surface area contributed by atoms with Crippen molar-refractivity contribution in [1.29, 1.82) is 0 Å². The van der Waals surface area contributed by atoms with E-state index in [0.29, 0.717) is 5.92 Å². The molecule has 3 rings (SSSR count). The molecule has 1 atom stereocenters. The van der Waals surface area contributed by atoms with Gasteiger partial charge < -0.3 is 10.2 Å². The summed E-state index contributed by atoms with van der Waals surface area (Å²) in [6.45, 7) is 7.13. The Labute approximate surface area is 142 Å². The van der Waals surface area contributed by atoms with Gasteiger partial charge in [0, 0.05) is 36.4 Å². The lowest BCUT2D eigenvalue weighted by molar-refractivity contribution is 0.442. The van der Waals surface area contributed by atoms with Gasteiger partial charge in [-0.2, -0.15) is 4.98 Å². The molecule has 0 aliphatic carbocycles. The molecule has 1 aromatic carbocycles. The molecule has 0 saturated carbocycles. The van der Waals surface area contributed by atoms with Crippen LogP contribution in [0.25, 0.3) is 0 Å². The zero-order valence-electron chi connectivity index (χ0n) is 13.7. The van der Waals surface area contributed by atoms with Crippen molar-refractivity contribution in [2.45, 2.75) is 33.2 Å². The fraction of sp³-hybridized carbons (Fsp3) is 0.444. The highest BCUT2D eigenvalue weighted by Crippen LogP contribution is 2.22. The Bertz CT molecular complexity index is 657. The summed E-state index contributed by atoms with van der Waals surface area (Å²) < 4.78 is 0. The Morgan fingerprint density at radius 2 is 2.04 bits per heavy atom. The van der Waals surface area contributed by atoms with Crippen LogP contribution < -0.4 is 10.2 Å². The van der Waals surface area contributed by atoms with Crippen LogP contribution in [-0.2, 0) is 6.54 Å². The maximum absolute atomic E-state index is 5.92. The van der Waals surface area contributed by atoms with E-state index in [-0.39, 0.29) is 0 Å². The van der Waals surface area contributed by atoms with Crippen LogP contribution in [0.4, 0.5) is 11.8 Å². The van der Waals surface area contributed by atoms with Crippen LogP contribution in [0.15, 0.2) is 30.3 Å². The van der Waals surface area contributed by atoms with Crippen LogP contribution in [-0.4, -0.2) is 23.1 Å². The number of piperidine rings is 1. The fourth-order valence-corrected chi connectivity index (χ4v) is 3.08. The summed E-state index contributed by atoms with van der Waals surface area (Å²) in [5.74, 6) is 2.43. The normalized spacial score (nSPS) is 18.0. The number of aryl methyl sites for hydroxylation is 1. The third kappa shape index (κ3) is 4.35. The van der Waals surface area contributed by atoms with Crippen LogP contribution in [0.5, 0.6) is 0 Å². The second kappa shape index (κ2) is 7.18. The molecule has 0 radical (unpaired) electrons. The summed E-state index contributed by atoms with van der Waals surface area (Å²) in [6, 6.07) is 9.86. The maximum Gasteiger partial charge on any atom is 0.227 e. The number of benzene rings is 1. The van der Waals surface area contributed by atoms with E-state index in [2.05, 4.69) is 22.1 Å². The number of hydrogen-bond donors (Lipinski definition) is 1. The highest BCUT2D eigenvalue weighted by atomic mass is 35.5. The number of nitrogens with one attached hydrogen (secondary N) is 1. The molecule has 1 fully saturated rings. The SMILES string of the molecule is Cc1cc(NCc2ccc(Cl)cc2)nc(N2CCCC(C)C2)n1. The van der Waals surface area contributed by atoms with Gasteiger partial charge in [0.25, 0.3) is 0 Å².